The Morgan fingerprint density at radius 3 is 2.79 bits per heavy atom. The van der Waals surface area contributed by atoms with Gasteiger partial charge in [0, 0.05) is 5.41 Å². The molecule has 0 radical (unpaired) electrons. The van der Waals surface area contributed by atoms with Crippen molar-refractivity contribution < 1.29 is 9.47 Å². The number of hydrogen-bond acceptors (Lipinski definition) is 3. The third kappa shape index (κ3) is 2.93. The van der Waals surface area contributed by atoms with Crippen LogP contribution in [0.5, 0.6) is 11.5 Å². The topological polar surface area (TPSA) is 18.5 Å². The van der Waals surface area contributed by atoms with E-state index in [0.717, 1.165) is 22.2 Å². The van der Waals surface area contributed by atoms with E-state index < -0.39 is 0 Å². The molecule has 19 heavy (non-hydrogen) atoms. The summed E-state index contributed by atoms with van der Waals surface area (Å²) in [5.74, 6) is 2.69. The maximum absolute atomic E-state index is 5.80. The predicted octanol–water partition coefficient (Wildman–Crippen LogP) is 4.61. The first-order valence-corrected chi connectivity index (χ1v) is 7.01. The summed E-state index contributed by atoms with van der Waals surface area (Å²) in [7, 11) is 0. The molecule has 96 valence electrons. The fraction of sp³-hybridized carbons (Fsp3) is 0.125. The first-order chi connectivity index (χ1) is 9.31. The first-order valence-electron chi connectivity index (χ1n) is 6.13. The average Bonchev–Trinajstić information content (AvgIpc) is 2.46. The second-order valence-electron chi connectivity index (χ2n) is 4.33. The highest BCUT2D eigenvalue weighted by atomic mass is 32.2. The SMILES string of the molecule is CC1=CSc2cc(OCc3ccccc3)ccc2O1. The van der Waals surface area contributed by atoms with Crippen molar-refractivity contribution in [3.63, 3.8) is 0 Å². The summed E-state index contributed by atoms with van der Waals surface area (Å²) < 4.78 is 11.4. The van der Waals surface area contributed by atoms with Crippen LogP contribution in [0.1, 0.15) is 12.5 Å². The molecule has 3 rings (SSSR count). The van der Waals surface area contributed by atoms with Gasteiger partial charge in [-0.05, 0) is 30.7 Å². The van der Waals surface area contributed by atoms with Crippen LogP contribution in [0.15, 0.2) is 64.6 Å². The summed E-state index contributed by atoms with van der Waals surface area (Å²) >= 11 is 1.67. The van der Waals surface area contributed by atoms with Crippen LogP contribution >= 0.6 is 11.8 Å². The van der Waals surface area contributed by atoms with Gasteiger partial charge in [-0.1, -0.05) is 42.1 Å². The summed E-state index contributed by atoms with van der Waals surface area (Å²) in [6.07, 6.45) is 0. The van der Waals surface area contributed by atoms with Crippen LogP contribution in [0.3, 0.4) is 0 Å². The molecule has 0 N–H and O–H groups in total. The molecule has 2 aromatic rings. The normalized spacial score (nSPS) is 13.2. The van der Waals surface area contributed by atoms with Crippen molar-refractivity contribution in [2.24, 2.45) is 0 Å². The Bertz CT molecular complexity index is 605. The van der Waals surface area contributed by atoms with Crippen LogP contribution in [0.2, 0.25) is 0 Å². The van der Waals surface area contributed by atoms with Crippen LogP contribution in [0.25, 0.3) is 0 Å². The summed E-state index contributed by atoms with van der Waals surface area (Å²) in [5, 5.41) is 2.00. The Morgan fingerprint density at radius 2 is 1.95 bits per heavy atom. The molecule has 1 aliphatic rings. The number of thioether (sulfide) groups is 1. The van der Waals surface area contributed by atoms with Gasteiger partial charge in [-0.25, -0.2) is 0 Å². The quantitative estimate of drug-likeness (QED) is 0.811. The molecular weight excluding hydrogens is 256 g/mol. The van der Waals surface area contributed by atoms with Crippen molar-refractivity contribution in [3.05, 3.63) is 65.3 Å². The largest absolute Gasteiger partial charge is 0.489 e. The Morgan fingerprint density at radius 1 is 1.11 bits per heavy atom. The van der Waals surface area contributed by atoms with E-state index in [1.807, 2.05) is 48.7 Å². The molecule has 0 fully saturated rings. The third-order valence-electron chi connectivity index (χ3n) is 2.79. The zero-order chi connectivity index (χ0) is 13.1. The minimum absolute atomic E-state index is 0.583. The summed E-state index contributed by atoms with van der Waals surface area (Å²) in [6.45, 7) is 2.54. The van der Waals surface area contributed by atoms with Crippen LogP contribution < -0.4 is 9.47 Å². The molecule has 0 bridgehead atoms. The fourth-order valence-electron chi connectivity index (χ4n) is 1.84. The number of allylic oxidation sites excluding steroid dienone is 1. The van der Waals surface area contributed by atoms with Gasteiger partial charge >= 0.3 is 0 Å². The standard InChI is InChI=1S/C16H14O2S/c1-12-11-19-16-9-14(7-8-15(16)18-12)17-10-13-5-3-2-4-6-13/h2-9,11H,10H2,1H3. The van der Waals surface area contributed by atoms with E-state index in [4.69, 9.17) is 9.47 Å². The van der Waals surface area contributed by atoms with Crippen LogP contribution in [0.4, 0.5) is 0 Å². The molecule has 0 amide bonds. The van der Waals surface area contributed by atoms with E-state index in [1.165, 1.54) is 5.56 Å². The lowest BCUT2D eigenvalue weighted by Crippen LogP contribution is -1.98. The lowest BCUT2D eigenvalue weighted by atomic mass is 10.2. The smallest absolute Gasteiger partial charge is 0.141 e. The van der Waals surface area contributed by atoms with E-state index in [9.17, 15) is 0 Å². The zero-order valence-corrected chi connectivity index (χ0v) is 11.4. The van der Waals surface area contributed by atoms with Gasteiger partial charge in [0.15, 0.2) is 0 Å². The number of hydrogen-bond donors (Lipinski definition) is 0. The molecule has 0 spiro atoms. The first kappa shape index (κ1) is 12.2. The van der Waals surface area contributed by atoms with E-state index in [0.29, 0.717) is 6.61 Å². The molecule has 0 aromatic heterocycles. The van der Waals surface area contributed by atoms with Gasteiger partial charge < -0.3 is 9.47 Å². The maximum Gasteiger partial charge on any atom is 0.141 e. The maximum atomic E-state index is 5.80. The van der Waals surface area contributed by atoms with Gasteiger partial charge in [-0.3, -0.25) is 0 Å². The molecule has 2 nitrogen and oxygen atoms in total. The molecule has 0 atom stereocenters. The minimum Gasteiger partial charge on any atom is -0.489 e. The van der Waals surface area contributed by atoms with E-state index in [2.05, 4.69) is 12.1 Å². The van der Waals surface area contributed by atoms with Crippen molar-refractivity contribution in [2.45, 2.75) is 18.4 Å². The van der Waals surface area contributed by atoms with Gasteiger partial charge in [-0.15, -0.1) is 0 Å². The van der Waals surface area contributed by atoms with Crippen molar-refractivity contribution in [3.8, 4) is 11.5 Å². The Labute approximate surface area is 117 Å². The Hall–Kier alpha value is -1.87. The highest BCUT2D eigenvalue weighted by Crippen LogP contribution is 2.38. The van der Waals surface area contributed by atoms with E-state index >= 15 is 0 Å². The number of rotatable bonds is 3. The molecule has 0 saturated carbocycles. The van der Waals surface area contributed by atoms with E-state index in [-0.39, 0.29) is 0 Å². The monoisotopic (exact) mass is 270 g/mol. The van der Waals surface area contributed by atoms with Crippen LogP contribution in [0, 0.1) is 0 Å². The molecule has 2 aromatic carbocycles. The highest BCUT2D eigenvalue weighted by molar-refractivity contribution is 8.02. The van der Waals surface area contributed by atoms with Gasteiger partial charge in [0.1, 0.15) is 23.9 Å². The van der Waals surface area contributed by atoms with Crippen LogP contribution in [-0.4, -0.2) is 0 Å². The zero-order valence-electron chi connectivity index (χ0n) is 10.6. The molecule has 1 aliphatic heterocycles. The van der Waals surface area contributed by atoms with Crippen molar-refractivity contribution in [2.75, 3.05) is 0 Å². The molecular formula is C16H14O2S. The second kappa shape index (κ2) is 5.41. The molecule has 3 heteroatoms. The minimum atomic E-state index is 0.583. The van der Waals surface area contributed by atoms with Gasteiger partial charge in [-0.2, -0.15) is 0 Å². The second-order valence-corrected chi connectivity index (χ2v) is 5.24. The summed E-state index contributed by atoms with van der Waals surface area (Å²) in [6, 6.07) is 16.1. The van der Waals surface area contributed by atoms with Crippen LogP contribution in [-0.2, 0) is 6.61 Å². The molecule has 1 heterocycles. The van der Waals surface area contributed by atoms with Crippen molar-refractivity contribution in [1.82, 2.24) is 0 Å². The van der Waals surface area contributed by atoms with Gasteiger partial charge in [0.05, 0.1) is 4.90 Å². The number of fused-ring (bicyclic) bond motifs is 1. The predicted molar refractivity (Wildman–Crippen MR) is 77.5 cm³/mol. The van der Waals surface area contributed by atoms with Crippen molar-refractivity contribution >= 4 is 11.8 Å². The van der Waals surface area contributed by atoms with Gasteiger partial charge in [0.2, 0.25) is 0 Å². The Balaban J connectivity index is 1.71. The lowest BCUT2D eigenvalue weighted by molar-refractivity contribution is 0.304. The molecule has 0 aliphatic carbocycles. The highest BCUT2D eigenvalue weighted by Gasteiger charge is 2.11. The average molecular weight is 270 g/mol. The summed E-state index contributed by atoms with van der Waals surface area (Å²) in [4.78, 5) is 1.09. The van der Waals surface area contributed by atoms with E-state index in [1.54, 1.807) is 11.8 Å². The fourth-order valence-corrected chi connectivity index (χ4v) is 2.59. The third-order valence-corrected chi connectivity index (χ3v) is 3.81. The molecule has 0 unspecified atom stereocenters. The Kier molecular flexibility index (Phi) is 3.47. The summed E-state index contributed by atoms with van der Waals surface area (Å²) in [5.41, 5.74) is 1.17. The number of ether oxygens (including phenoxy) is 2. The number of benzene rings is 2. The lowest BCUT2D eigenvalue weighted by Gasteiger charge is -2.16. The van der Waals surface area contributed by atoms with Gasteiger partial charge in [0.25, 0.3) is 0 Å². The van der Waals surface area contributed by atoms with Crippen molar-refractivity contribution in [1.29, 1.82) is 0 Å². The molecule has 0 saturated heterocycles.